The predicted octanol–water partition coefficient (Wildman–Crippen LogP) is 2.76. The van der Waals surface area contributed by atoms with E-state index in [-0.39, 0.29) is 5.91 Å². The van der Waals surface area contributed by atoms with Crippen molar-refractivity contribution in [1.29, 1.82) is 0 Å². The van der Waals surface area contributed by atoms with Gasteiger partial charge in [0.2, 0.25) is 17.6 Å². The second-order valence-electron chi connectivity index (χ2n) is 7.44. The molecule has 1 saturated heterocycles. The summed E-state index contributed by atoms with van der Waals surface area (Å²) in [6, 6.07) is 5.85. The van der Waals surface area contributed by atoms with Gasteiger partial charge in [-0.3, -0.25) is 4.79 Å². The van der Waals surface area contributed by atoms with Crippen LogP contribution < -0.4 is 0 Å². The van der Waals surface area contributed by atoms with Crippen LogP contribution in [0, 0.1) is 0 Å². The van der Waals surface area contributed by atoms with Crippen LogP contribution in [0.5, 0.6) is 0 Å². The smallest absolute Gasteiger partial charge is 0.230 e. The molecule has 27 heavy (non-hydrogen) atoms. The number of amides is 1. The topological polar surface area (TPSA) is 89.9 Å². The van der Waals surface area contributed by atoms with Gasteiger partial charge < -0.3 is 9.42 Å². The molecule has 0 spiro atoms. The van der Waals surface area contributed by atoms with Crippen LogP contribution in [0.2, 0.25) is 0 Å². The first-order valence-electron chi connectivity index (χ1n) is 9.73. The van der Waals surface area contributed by atoms with Crippen molar-refractivity contribution in [3.8, 4) is 11.4 Å². The summed E-state index contributed by atoms with van der Waals surface area (Å²) in [5.74, 6) is 1.95. The Labute approximate surface area is 156 Å². The van der Waals surface area contributed by atoms with Crippen molar-refractivity contribution in [2.45, 2.75) is 51.0 Å². The molecule has 140 valence electrons. The Balaban J connectivity index is 1.31. The molecular formula is C19H22N6O2. The van der Waals surface area contributed by atoms with E-state index in [0.29, 0.717) is 24.7 Å². The number of carbonyl (C=O) groups excluding carboxylic acids is 1. The third kappa shape index (κ3) is 3.09. The standard InChI is InChI=1S/C19H22N6O2/c26-17(24-9-1-2-10-24)8-11-25-16-7-6-14(12-15(16)21-23-25)18-20-19(27-22-18)13-4-3-5-13/h6-7,12-13H,1-5,8-11H2. The van der Waals surface area contributed by atoms with Crippen LogP contribution >= 0.6 is 0 Å². The summed E-state index contributed by atoms with van der Waals surface area (Å²) in [7, 11) is 0. The molecule has 8 nitrogen and oxygen atoms in total. The molecule has 0 atom stereocenters. The van der Waals surface area contributed by atoms with E-state index >= 15 is 0 Å². The lowest BCUT2D eigenvalue weighted by molar-refractivity contribution is -0.130. The molecule has 2 fully saturated rings. The lowest BCUT2D eigenvalue weighted by Gasteiger charge is -2.20. The minimum atomic E-state index is 0.197. The van der Waals surface area contributed by atoms with Gasteiger partial charge >= 0.3 is 0 Å². The maximum atomic E-state index is 12.2. The zero-order valence-electron chi connectivity index (χ0n) is 15.2. The molecule has 3 aromatic rings. The number of nitrogens with zero attached hydrogens (tertiary/aromatic N) is 6. The summed E-state index contributed by atoms with van der Waals surface area (Å²) in [4.78, 5) is 18.7. The van der Waals surface area contributed by atoms with Crippen molar-refractivity contribution in [2.24, 2.45) is 0 Å². The normalized spacial score (nSPS) is 17.6. The van der Waals surface area contributed by atoms with E-state index in [2.05, 4.69) is 20.5 Å². The summed E-state index contributed by atoms with van der Waals surface area (Å²) in [6.45, 7) is 2.31. The molecule has 0 unspecified atom stereocenters. The molecule has 2 aliphatic rings. The van der Waals surface area contributed by atoms with E-state index in [1.807, 2.05) is 23.1 Å². The average Bonchev–Trinajstić information content (AvgIpc) is 3.38. The first-order chi connectivity index (χ1) is 13.3. The van der Waals surface area contributed by atoms with Gasteiger partial charge in [0.05, 0.1) is 12.1 Å². The first-order valence-corrected chi connectivity index (χ1v) is 9.73. The summed E-state index contributed by atoms with van der Waals surface area (Å²) < 4.78 is 7.20. The fraction of sp³-hybridized carbons (Fsp3) is 0.526. The van der Waals surface area contributed by atoms with Gasteiger partial charge in [0.1, 0.15) is 5.52 Å². The van der Waals surface area contributed by atoms with Crippen molar-refractivity contribution >= 4 is 16.9 Å². The number of carbonyl (C=O) groups is 1. The Morgan fingerprint density at radius 1 is 1.19 bits per heavy atom. The summed E-state index contributed by atoms with van der Waals surface area (Å²) in [5, 5.41) is 12.6. The molecule has 8 heteroatoms. The number of hydrogen-bond acceptors (Lipinski definition) is 6. The summed E-state index contributed by atoms with van der Waals surface area (Å²) in [5.41, 5.74) is 2.56. The number of hydrogen-bond donors (Lipinski definition) is 0. The lowest BCUT2D eigenvalue weighted by atomic mass is 9.85. The quantitative estimate of drug-likeness (QED) is 0.690. The van der Waals surface area contributed by atoms with E-state index in [1.54, 1.807) is 4.68 Å². The molecule has 1 aliphatic heterocycles. The molecule has 0 bridgehead atoms. The number of aryl methyl sites for hydroxylation is 1. The first kappa shape index (κ1) is 16.4. The predicted molar refractivity (Wildman–Crippen MR) is 97.8 cm³/mol. The third-order valence-electron chi connectivity index (χ3n) is 5.66. The molecule has 0 radical (unpaired) electrons. The molecule has 5 rings (SSSR count). The van der Waals surface area contributed by atoms with E-state index in [9.17, 15) is 4.79 Å². The van der Waals surface area contributed by atoms with Crippen LogP contribution in [0.25, 0.3) is 22.4 Å². The van der Waals surface area contributed by atoms with Crippen LogP contribution in [-0.4, -0.2) is 49.0 Å². The highest BCUT2D eigenvalue weighted by Crippen LogP contribution is 2.36. The van der Waals surface area contributed by atoms with Crippen LogP contribution in [0.4, 0.5) is 0 Å². The molecule has 3 heterocycles. The number of rotatable bonds is 5. The van der Waals surface area contributed by atoms with Crippen LogP contribution in [0.1, 0.15) is 50.3 Å². The van der Waals surface area contributed by atoms with Crippen molar-refractivity contribution < 1.29 is 9.32 Å². The number of likely N-dealkylation sites (tertiary alicyclic amines) is 1. The maximum absolute atomic E-state index is 12.2. The van der Waals surface area contributed by atoms with Gasteiger partial charge in [-0.1, -0.05) is 16.8 Å². The van der Waals surface area contributed by atoms with Crippen molar-refractivity contribution in [3.05, 3.63) is 24.1 Å². The SMILES string of the molecule is O=C(CCn1nnc2cc(-c3noc(C4CCC4)n3)ccc21)N1CCCC1. The fourth-order valence-corrected chi connectivity index (χ4v) is 3.78. The van der Waals surface area contributed by atoms with Gasteiger partial charge in [-0.15, -0.1) is 5.10 Å². The Hall–Kier alpha value is -2.77. The monoisotopic (exact) mass is 366 g/mol. The highest BCUT2D eigenvalue weighted by molar-refractivity contribution is 5.80. The third-order valence-corrected chi connectivity index (χ3v) is 5.66. The van der Waals surface area contributed by atoms with Crippen molar-refractivity contribution in [3.63, 3.8) is 0 Å². The van der Waals surface area contributed by atoms with Crippen LogP contribution in [0.3, 0.4) is 0 Å². The van der Waals surface area contributed by atoms with Crippen LogP contribution in [0.15, 0.2) is 22.7 Å². The van der Waals surface area contributed by atoms with Gasteiger partial charge in [0.25, 0.3) is 0 Å². The number of aromatic nitrogens is 5. The van der Waals surface area contributed by atoms with Crippen LogP contribution in [-0.2, 0) is 11.3 Å². The molecule has 1 amide bonds. The maximum Gasteiger partial charge on any atom is 0.230 e. The summed E-state index contributed by atoms with van der Waals surface area (Å²) >= 11 is 0. The Bertz CT molecular complexity index is 968. The zero-order valence-corrected chi connectivity index (χ0v) is 15.2. The minimum absolute atomic E-state index is 0.197. The average molecular weight is 366 g/mol. The molecular weight excluding hydrogens is 344 g/mol. The number of fused-ring (bicyclic) bond motifs is 1. The van der Waals surface area contributed by atoms with E-state index in [4.69, 9.17) is 4.52 Å². The Morgan fingerprint density at radius 2 is 2.04 bits per heavy atom. The van der Waals surface area contributed by atoms with Gasteiger partial charge in [-0.2, -0.15) is 4.98 Å². The van der Waals surface area contributed by atoms with Gasteiger partial charge in [0.15, 0.2) is 0 Å². The van der Waals surface area contributed by atoms with E-state index in [1.165, 1.54) is 6.42 Å². The molecule has 1 aromatic carbocycles. The number of benzene rings is 1. The van der Waals surface area contributed by atoms with E-state index < -0.39 is 0 Å². The largest absolute Gasteiger partial charge is 0.343 e. The summed E-state index contributed by atoms with van der Waals surface area (Å²) in [6.07, 6.45) is 6.17. The molecule has 1 aliphatic carbocycles. The molecule has 2 aromatic heterocycles. The lowest BCUT2D eigenvalue weighted by Crippen LogP contribution is -2.28. The minimum Gasteiger partial charge on any atom is -0.343 e. The van der Waals surface area contributed by atoms with Crippen molar-refractivity contribution in [1.82, 2.24) is 30.0 Å². The van der Waals surface area contributed by atoms with Crippen molar-refractivity contribution in [2.75, 3.05) is 13.1 Å². The molecule has 0 N–H and O–H groups in total. The Kier molecular flexibility index (Phi) is 4.10. The van der Waals surface area contributed by atoms with Gasteiger partial charge in [-0.05, 0) is 43.9 Å². The highest BCUT2D eigenvalue weighted by Gasteiger charge is 2.25. The van der Waals surface area contributed by atoms with Gasteiger partial charge in [0, 0.05) is 31.0 Å². The van der Waals surface area contributed by atoms with E-state index in [0.717, 1.165) is 61.3 Å². The fourth-order valence-electron chi connectivity index (χ4n) is 3.78. The highest BCUT2D eigenvalue weighted by atomic mass is 16.5. The van der Waals surface area contributed by atoms with Gasteiger partial charge in [-0.25, -0.2) is 4.68 Å². The zero-order chi connectivity index (χ0) is 18.2. The molecule has 1 saturated carbocycles. The second kappa shape index (κ2) is 6.75. The second-order valence-corrected chi connectivity index (χ2v) is 7.44. The Morgan fingerprint density at radius 3 is 2.81 bits per heavy atom.